The lowest BCUT2D eigenvalue weighted by Crippen LogP contribution is -2.40. The molecule has 1 amide bonds. The van der Waals surface area contributed by atoms with Crippen molar-refractivity contribution in [2.75, 3.05) is 29.9 Å². The van der Waals surface area contributed by atoms with E-state index in [-0.39, 0.29) is 31.1 Å². The van der Waals surface area contributed by atoms with E-state index < -0.39 is 5.82 Å². The van der Waals surface area contributed by atoms with E-state index in [0.717, 1.165) is 5.69 Å². The van der Waals surface area contributed by atoms with Crippen molar-refractivity contribution in [3.05, 3.63) is 41.8 Å². The topological polar surface area (TPSA) is 76.0 Å². The molecule has 1 heterocycles. The summed E-state index contributed by atoms with van der Waals surface area (Å²) in [6.45, 7) is 4.26. The molecule has 1 aromatic heterocycles. The number of rotatable bonds is 7. The highest BCUT2D eigenvalue weighted by Crippen LogP contribution is 2.21. The van der Waals surface area contributed by atoms with Gasteiger partial charge in [0, 0.05) is 25.4 Å². The summed E-state index contributed by atoms with van der Waals surface area (Å²) in [5, 5.41) is 16.0. The van der Waals surface area contributed by atoms with Crippen molar-refractivity contribution in [3.63, 3.8) is 0 Å². The minimum absolute atomic E-state index is 0.0299. The fourth-order valence-electron chi connectivity index (χ4n) is 2.40. The number of hydrogen-bond donors (Lipinski definition) is 1. The van der Waals surface area contributed by atoms with E-state index in [1.165, 1.54) is 17.0 Å². The molecule has 0 bridgehead atoms. The van der Waals surface area contributed by atoms with Crippen molar-refractivity contribution in [3.8, 4) is 6.07 Å². The number of amides is 1. The minimum atomic E-state index is -0.488. The van der Waals surface area contributed by atoms with Gasteiger partial charge >= 0.3 is 0 Å². The van der Waals surface area contributed by atoms with Crippen LogP contribution in [0.15, 0.2) is 30.3 Å². The van der Waals surface area contributed by atoms with Gasteiger partial charge in [0.1, 0.15) is 5.82 Å². The van der Waals surface area contributed by atoms with Crippen molar-refractivity contribution >= 4 is 17.4 Å². The second kappa shape index (κ2) is 8.29. The van der Waals surface area contributed by atoms with Crippen molar-refractivity contribution in [1.29, 1.82) is 5.26 Å². The second-order valence-corrected chi connectivity index (χ2v) is 6.10. The number of halogens is 1. The van der Waals surface area contributed by atoms with Crippen molar-refractivity contribution in [2.45, 2.75) is 26.2 Å². The highest BCUT2D eigenvalue weighted by Gasteiger charge is 2.21. The molecule has 0 unspecified atom stereocenters. The number of H-pyrrole nitrogens is 1. The molecule has 2 aromatic rings. The van der Waals surface area contributed by atoms with Gasteiger partial charge in [-0.2, -0.15) is 10.4 Å². The number of para-hydroxylation sites is 1. The molecule has 0 atom stereocenters. The SMILES string of the molecule is CC(C)c1cc(N(C)CC(=O)N(CCC#N)c2ccccc2F)n[nH]1. The molecule has 0 spiro atoms. The van der Waals surface area contributed by atoms with Crippen LogP contribution in [0, 0.1) is 17.1 Å². The van der Waals surface area contributed by atoms with Gasteiger partial charge in [-0.25, -0.2) is 4.39 Å². The third kappa shape index (κ3) is 4.57. The zero-order chi connectivity index (χ0) is 18.4. The van der Waals surface area contributed by atoms with Gasteiger partial charge in [0.05, 0.1) is 24.7 Å². The van der Waals surface area contributed by atoms with Crippen LogP contribution < -0.4 is 9.80 Å². The van der Waals surface area contributed by atoms with Gasteiger partial charge in [-0.3, -0.25) is 9.89 Å². The van der Waals surface area contributed by atoms with E-state index in [1.54, 1.807) is 24.1 Å². The molecule has 0 saturated carbocycles. The summed E-state index contributed by atoms with van der Waals surface area (Å²) in [6.07, 6.45) is 0.129. The summed E-state index contributed by atoms with van der Waals surface area (Å²) in [6, 6.07) is 9.95. The Bertz CT molecular complexity index is 765. The number of likely N-dealkylation sites (N-methyl/N-ethyl adjacent to an activating group) is 1. The van der Waals surface area contributed by atoms with E-state index in [2.05, 4.69) is 10.2 Å². The van der Waals surface area contributed by atoms with Gasteiger partial charge in [0.2, 0.25) is 5.91 Å². The van der Waals surface area contributed by atoms with E-state index in [4.69, 9.17) is 5.26 Å². The standard InChI is InChI=1S/C18H22FN5O/c1-13(2)15-11-17(22-21-15)23(3)12-18(25)24(10-6-9-20)16-8-5-4-7-14(16)19/h4-5,7-8,11,13H,6,10,12H2,1-3H3,(H,21,22). The predicted octanol–water partition coefficient (Wildman–Crippen LogP) is 3.06. The van der Waals surface area contributed by atoms with Crippen LogP contribution in [0.3, 0.4) is 0 Å². The average Bonchev–Trinajstić information content (AvgIpc) is 3.07. The lowest BCUT2D eigenvalue weighted by molar-refractivity contribution is -0.117. The number of benzene rings is 1. The number of carbonyl (C=O) groups is 1. The molecule has 0 fully saturated rings. The van der Waals surface area contributed by atoms with Gasteiger partial charge in [0.25, 0.3) is 0 Å². The van der Waals surface area contributed by atoms with Crippen molar-refractivity contribution in [1.82, 2.24) is 10.2 Å². The van der Waals surface area contributed by atoms with Gasteiger partial charge in [-0.15, -0.1) is 0 Å². The number of nitrogens with zero attached hydrogens (tertiary/aromatic N) is 4. The Labute approximate surface area is 146 Å². The molecule has 2 rings (SSSR count). The van der Waals surface area contributed by atoms with Gasteiger partial charge in [-0.1, -0.05) is 26.0 Å². The van der Waals surface area contributed by atoms with Crippen LogP contribution in [0.5, 0.6) is 0 Å². The number of anilines is 2. The summed E-state index contributed by atoms with van der Waals surface area (Å²) in [5.41, 5.74) is 1.16. The first kappa shape index (κ1) is 18.5. The minimum Gasteiger partial charge on any atom is -0.349 e. The summed E-state index contributed by atoms with van der Waals surface area (Å²) >= 11 is 0. The molecule has 7 heteroatoms. The Hall–Kier alpha value is -2.88. The molecule has 6 nitrogen and oxygen atoms in total. The summed E-state index contributed by atoms with van der Waals surface area (Å²) in [4.78, 5) is 15.7. The maximum Gasteiger partial charge on any atom is 0.246 e. The molecule has 1 aromatic carbocycles. The second-order valence-electron chi connectivity index (χ2n) is 6.10. The molecular formula is C18H22FN5O. The predicted molar refractivity (Wildman–Crippen MR) is 94.9 cm³/mol. The van der Waals surface area contributed by atoms with Crippen LogP contribution >= 0.6 is 0 Å². The third-order valence-electron chi connectivity index (χ3n) is 3.86. The van der Waals surface area contributed by atoms with Crippen LogP contribution in [0.25, 0.3) is 0 Å². The highest BCUT2D eigenvalue weighted by atomic mass is 19.1. The Morgan fingerprint density at radius 1 is 1.40 bits per heavy atom. The molecule has 0 aliphatic carbocycles. The monoisotopic (exact) mass is 343 g/mol. The molecule has 0 radical (unpaired) electrons. The fourth-order valence-corrected chi connectivity index (χ4v) is 2.40. The highest BCUT2D eigenvalue weighted by molar-refractivity contribution is 5.96. The zero-order valence-electron chi connectivity index (χ0n) is 14.7. The number of nitriles is 1. The largest absolute Gasteiger partial charge is 0.349 e. The van der Waals surface area contributed by atoms with Crippen LogP contribution in [-0.4, -0.2) is 36.2 Å². The van der Waals surface area contributed by atoms with Crippen LogP contribution in [0.1, 0.15) is 31.9 Å². The fraction of sp³-hybridized carbons (Fsp3) is 0.389. The molecule has 0 aliphatic rings. The Balaban J connectivity index is 2.16. The van der Waals surface area contributed by atoms with Crippen molar-refractivity contribution in [2.24, 2.45) is 0 Å². The van der Waals surface area contributed by atoms with E-state index in [1.807, 2.05) is 26.0 Å². The first-order valence-electron chi connectivity index (χ1n) is 8.12. The first-order chi connectivity index (χ1) is 11.9. The summed E-state index contributed by atoms with van der Waals surface area (Å²) in [5.74, 6) is 0.164. The van der Waals surface area contributed by atoms with Crippen LogP contribution in [-0.2, 0) is 4.79 Å². The number of carbonyl (C=O) groups excluding carboxylic acids is 1. The third-order valence-corrected chi connectivity index (χ3v) is 3.86. The maximum atomic E-state index is 14.1. The summed E-state index contributed by atoms with van der Waals surface area (Å²) in [7, 11) is 1.75. The molecule has 0 aliphatic heterocycles. The lowest BCUT2D eigenvalue weighted by Gasteiger charge is -2.25. The molecule has 25 heavy (non-hydrogen) atoms. The maximum absolute atomic E-state index is 14.1. The molecule has 132 valence electrons. The normalized spacial score (nSPS) is 10.6. The average molecular weight is 343 g/mol. The Morgan fingerprint density at radius 2 is 2.12 bits per heavy atom. The van der Waals surface area contributed by atoms with E-state index >= 15 is 0 Å². The Morgan fingerprint density at radius 3 is 2.72 bits per heavy atom. The number of aromatic nitrogens is 2. The number of aromatic amines is 1. The van der Waals surface area contributed by atoms with E-state index in [0.29, 0.717) is 11.7 Å². The van der Waals surface area contributed by atoms with Crippen LogP contribution in [0.2, 0.25) is 0 Å². The van der Waals surface area contributed by atoms with Gasteiger partial charge in [0.15, 0.2) is 5.82 Å². The summed E-state index contributed by atoms with van der Waals surface area (Å²) < 4.78 is 14.1. The zero-order valence-corrected chi connectivity index (χ0v) is 14.7. The molecular weight excluding hydrogens is 321 g/mol. The smallest absolute Gasteiger partial charge is 0.246 e. The molecule has 0 saturated heterocycles. The Kier molecular flexibility index (Phi) is 6.12. The van der Waals surface area contributed by atoms with Gasteiger partial charge < -0.3 is 9.80 Å². The number of hydrogen-bond acceptors (Lipinski definition) is 4. The quantitative estimate of drug-likeness (QED) is 0.838. The number of nitrogens with one attached hydrogen (secondary N) is 1. The lowest BCUT2D eigenvalue weighted by atomic mass is 10.1. The van der Waals surface area contributed by atoms with Gasteiger partial charge in [-0.05, 0) is 18.1 Å². The first-order valence-corrected chi connectivity index (χ1v) is 8.12. The van der Waals surface area contributed by atoms with E-state index in [9.17, 15) is 9.18 Å². The molecule has 1 N–H and O–H groups in total. The van der Waals surface area contributed by atoms with Crippen molar-refractivity contribution < 1.29 is 9.18 Å². The van der Waals surface area contributed by atoms with Crippen LogP contribution in [0.4, 0.5) is 15.9 Å².